The minimum Gasteiger partial charge on any atom is -0.504 e. The fraction of sp³-hybridized carbons (Fsp3) is 0.220. The van der Waals surface area contributed by atoms with E-state index in [1.165, 1.54) is 0 Å². The average Bonchev–Trinajstić information content (AvgIpc) is 3.28. The van der Waals surface area contributed by atoms with Gasteiger partial charge in [0.05, 0.1) is 33.7 Å². The number of cyclic esters (lactones) is 1. The minimum atomic E-state index is -3.90. The number of fused-ring (bicyclic) bond motifs is 2. The van der Waals surface area contributed by atoms with Crippen molar-refractivity contribution in [3.05, 3.63) is 81.9 Å². The maximum absolute atomic E-state index is 14.5. The van der Waals surface area contributed by atoms with Crippen LogP contribution in [0.4, 0.5) is 0 Å². The summed E-state index contributed by atoms with van der Waals surface area (Å²) in [6, 6.07) is 3.66. The van der Waals surface area contributed by atoms with Crippen molar-refractivity contribution < 1.29 is 133 Å². The van der Waals surface area contributed by atoms with E-state index < -0.39 is 193 Å². The quantitative estimate of drug-likeness (QED) is 0.0473. The van der Waals surface area contributed by atoms with Crippen LogP contribution in [0.5, 0.6) is 69.0 Å². The van der Waals surface area contributed by atoms with Crippen molar-refractivity contribution in [2.45, 2.75) is 48.2 Å². The number of hydrogen-bond donors (Lipinski definition) is 14. The lowest BCUT2D eigenvalue weighted by Gasteiger charge is -2.49. The first-order valence-electron chi connectivity index (χ1n) is 19.0. The highest BCUT2D eigenvalue weighted by atomic mass is 16.7. The van der Waals surface area contributed by atoms with E-state index in [4.69, 9.17) is 33.2 Å². The highest BCUT2D eigenvalue weighted by Crippen LogP contribution is 2.58. The van der Waals surface area contributed by atoms with Gasteiger partial charge in [-0.05, 0) is 48.5 Å². The van der Waals surface area contributed by atoms with Gasteiger partial charge in [0, 0.05) is 5.56 Å². The maximum Gasteiger partial charge on any atom is 0.340 e. The molecule has 0 aromatic heterocycles. The van der Waals surface area contributed by atoms with Crippen molar-refractivity contribution in [1.82, 2.24) is 0 Å². The molecule has 0 spiro atoms. The van der Waals surface area contributed by atoms with Crippen LogP contribution in [0.25, 0.3) is 0 Å². The number of aromatic hydroxyl groups is 11. The van der Waals surface area contributed by atoms with Gasteiger partial charge in [0.1, 0.15) is 12.7 Å². The fourth-order valence-electron chi connectivity index (χ4n) is 7.59. The zero-order chi connectivity index (χ0) is 49.6. The molecule has 2 bridgehead atoms. The number of rotatable bonds is 6. The predicted molar refractivity (Wildman–Crippen MR) is 205 cm³/mol. The maximum atomic E-state index is 14.5. The first-order chi connectivity index (χ1) is 31.8. The standard InChI is InChI=1S/C41H30O27/c42-15-1-10(2-16(43)26(15)50)34(54)65-32-30-22(9-62-37(57)14-8-23(49)41(61)40(59,60)25(14)24-13(38(58)64-30)7-21(48)29(53)31(24)68-41)63-39(67-36(56)12-5-19(46)28(52)20(47)6-12)33(32)66-35(55)11-3-17(44)27(51)18(45)4-11/h1-8,22,25,30,32-33,39,42-48,50-53,59-61H,9H2. The summed E-state index contributed by atoms with van der Waals surface area (Å²) in [5.41, 5.74) is -5.52. The number of ether oxygens (including phenoxy) is 7. The van der Waals surface area contributed by atoms with Gasteiger partial charge in [0.15, 0.2) is 75.5 Å². The fourth-order valence-corrected chi connectivity index (χ4v) is 7.59. The molecular formula is C41H30O27. The van der Waals surface area contributed by atoms with Gasteiger partial charge in [-0.1, -0.05) is 0 Å². The molecule has 3 heterocycles. The van der Waals surface area contributed by atoms with Gasteiger partial charge in [-0.25, -0.2) is 24.0 Å². The summed E-state index contributed by atoms with van der Waals surface area (Å²) in [5, 5.41) is 146. The number of carbonyl (C=O) groups excluding carboxylic acids is 6. The minimum absolute atomic E-state index is 0.325. The number of phenolic OH excluding ortho intramolecular Hbond substituents is 11. The van der Waals surface area contributed by atoms with E-state index in [-0.39, 0.29) is 0 Å². The van der Waals surface area contributed by atoms with Crippen LogP contribution in [0.3, 0.4) is 0 Å². The van der Waals surface area contributed by atoms with Crippen LogP contribution < -0.4 is 4.74 Å². The Bertz CT molecular complexity index is 2870. The third kappa shape index (κ3) is 7.18. The summed E-state index contributed by atoms with van der Waals surface area (Å²) in [6.45, 7) is -1.30. The zero-order valence-corrected chi connectivity index (χ0v) is 33.4. The number of phenols is 11. The Morgan fingerprint density at radius 2 is 1.01 bits per heavy atom. The zero-order valence-electron chi connectivity index (χ0n) is 33.4. The molecule has 1 fully saturated rings. The van der Waals surface area contributed by atoms with E-state index in [0.717, 1.165) is 0 Å². The largest absolute Gasteiger partial charge is 0.504 e. The first kappa shape index (κ1) is 45.6. The molecule has 8 rings (SSSR count). The molecule has 356 valence electrons. The third-order valence-electron chi connectivity index (χ3n) is 10.9. The van der Waals surface area contributed by atoms with Gasteiger partial charge < -0.3 is 105 Å². The summed E-state index contributed by atoms with van der Waals surface area (Å²) in [4.78, 5) is 83.2. The lowest BCUT2D eigenvalue weighted by molar-refractivity contribution is -0.339. The number of ketones is 1. The predicted octanol–water partition coefficient (Wildman–Crippen LogP) is -1.08. The smallest absolute Gasteiger partial charge is 0.340 e. The summed E-state index contributed by atoms with van der Waals surface area (Å²) in [7, 11) is 0. The topological polar surface area (TPSA) is 450 Å². The van der Waals surface area contributed by atoms with E-state index in [0.29, 0.717) is 48.5 Å². The second-order valence-corrected chi connectivity index (χ2v) is 15.1. The lowest BCUT2D eigenvalue weighted by Crippen LogP contribution is -2.70. The molecule has 68 heavy (non-hydrogen) atoms. The van der Waals surface area contributed by atoms with Gasteiger partial charge in [-0.15, -0.1) is 0 Å². The Kier molecular flexibility index (Phi) is 10.7. The average molecular weight is 955 g/mol. The summed E-state index contributed by atoms with van der Waals surface area (Å²) >= 11 is 0. The Labute approximate surface area is 374 Å². The molecule has 7 unspecified atom stereocenters. The molecule has 4 aromatic carbocycles. The van der Waals surface area contributed by atoms with Crippen molar-refractivity contribution in [1.29, 1.82) is 0 Å². The molecular weight excluding hydrogens is 924 g/mol. The van der Waals surface area contributed by atoms with Crippen LogP contribution in [0.1, 0.15) is 52.9 Å². The molecule has 4 aliphatic rings. The highest BCUT2D eigenvalue weighted by molar-refractivity contribution is 6.08. The van der Waals surface area contributed by atoms with Crippen molar-refractivity contribution in [3.63, 3.8) is 0 Å². The van der Waals surface area contributed by atoms with Crippen molar-refractivity contribution in [2.75, 3.05) is 6.61 Å². The van der Waals surface area contributed by atoms with E-state index in [9.17, 15) is 100 Å². The van der Waals surface area contributed by atoms with Crippen molar-refractivity contribution in [2.24, 2.45) is 0 Å². The number of carbonyl (C=O) groups is 6. The lowest BCUT2D eigenvalue weighted by atomic mass is 9.70. The SMILES string of the molecule is O=C1OCC2OC(OC(=O)c3cc(O)c(O)c(O)c3)C(OC(=O)c3cc(O)c(O)c(O)c3)C(OC(=O)c3cc(O)c(O)c(O)c3)C2OC(=O)c2cc(O)c(O)c3c2C2C1=CC(=O)C(O)(O3)C2(O)O. The summed E-state index contributed by atoms with van der Waals surface area (Å²) in [5.74, 6) is -34.2. The van der Waals surface area contributed by atoms with Gasteiger partial charge >= 0.3 is 35.6 Å². The molecule has 4 aromatic rings. The van der Waals surface area contributed by atoms with Crippen LogP contribution in [0.15, 0.2) is 54.1 Å². The van der Waals surface area contributed by atoms with Crippen LogP contribution >= 0.6 is 0 Å². The number of benzene rings is 4. The molecule has 0 amide bonds. The van der Waals surface area contributed by atoms with Crippen molar-refractivity contribution >= 4 is 35.6 Å². The number of hydrogen-bond acceptors (Lipinski definition) is 27. The second-order valence-electron chi connectivity index (χ2n) is 15.1. The van der Waals surface area contributed by atoms with Crippen LogP contribution in [0.2, 0.25) is 0 Å². The van der Waals surface area contributed by atoms with Gasteiger partial charge in [-0.3, -0.25) is 4.79 Å². The number of aliphatic hydroxyl groups is 3. The van der Waals surface area contributed by atoms with Gasteiger partial charge in [0.2, 0.25) is 23.9 Å². The molecule has 7 atom stereocenters. The monoisotopic (exact) mass is 954 g/mol. The molecule has 0 saturated carbocycles. The Hall–Kier alpha value is -8.92. The molecule has 0 radical (unpaired) electrons. The van der Waals surface area contributed by atoms with E-state index >= 15 is 0 Å². The Morgan fingerprint density at radius 3 is 1.50 bits per heavy atom. The van der Waals surface area contributed by atoms with E-state index in [1.807, 2.05) is 0 Å². The van der Waals surface area contributed by atoms with E-state index in [1.54, 1.807) is 0 Å². The molecule has 3 aliphatic heterocycles. The van der Waals surface area contributed by atoms with Crippen molar-refractivity contribution in [3.8, 4) is 69.0 Å². The van der Waals surface area contributed by atoms with Crippen LogP contribution in [-0.4, -0.2) is 156 Å². The normalized spacial score (nSPS) is 24.6. The summed E-state index contributed by atoms with van der Waals surface area (Å²) in [6.07, 6.45) is -12.0. The molecule has 27 nitrogen and oxygen atoms in total. The molecule has 27 heteroatoms. The van der Waals surface area contributed by atoms with Crippen LogP contribution in [0, 0.1) is 0 Å². The number of esters is 5. The van der Waals surface area contributed by atoms with Gasteiger partial charge in [0.25, 0.3) is 5.79 Å². The van der Waals surface area contributed by atoms with E-state index in [2.05, 4.69) is 0 Å². The first-order valence-corrected chi connectivity index (χ1v) is 19.0. The Morgan fingerprint density at radius 1 is 0.574 bits per heavy atom. The third-order valence-corrected chi connectivity index (χ3v) is 10.9. The molecule has 1 saturated heterocycles. The van der Waals surface area contributed by atoms with Gasteiger partial charge in [-0.2, -0.15) is 0 Å². The highest BCUT2D eigenvalue weighted by Gasteiger charge is 2.70. The van der Waals surface area contributed by atoms with Crippen LogP contribution in [-0.2, 0) is 38.0 Å². The Balaban J connectivity index is 1.32. The molecule has 14 N–H and O–H groups in total. The molecule has 1 aliphatic carbocycles. The summed E-state index contributed by atoms with van der Waals surface area (Å²) < 4.78 is 38.6. The second kappa shape index (κ2) is 15.9.